The van der Waals surface area contributed by atoms with Crippen molar-refractivity contribution in [1.29, 1.82) is 0 Å². The van der Waals surface area contributed by atoms with E-state index in [1.165, 1.54) is 18.4 Å². The second-order valence-corrected chi connectivity index (χ2v) is 8.10. The van der Waals surface area contributed by atoms with Gasteiger partial charge in [-0.05, 0) is 31.1 Å². The molecule has 0 unspecified atom stereocenters. The minimum atomic E-state index is -1.40. The lowest BCUT2D eigenvalue weighted by Crippen LogP contribution is -2.48. The van der Waals surface area contributed by atoms with Crippen LogP contribution in [0.15, 0.2) is 88.1 Å². The highest BCUT2D eigenvalue weighted by Crippen LogP contribution is 2.51. The highest BCUT2D eigenvalue weighted by atomic mass is 16.5. The van der Waals surface area contributed by atoms with Crippen LogP contribution in [0.5, 0.6) is 0 Å². The maximum Gasteiger partial charge on any atom is 0.184 e. The second kappa shape index (κ2) is 8.84. The number of ether oxygens (including phenoxy) is 1. The van der Waals surface area contributed by atoms with Crippen LogP contribution in [0.3, 0.4) is 0 Å². The molecule has 2 aliphatic carbocycles. The Balaban J connectivity index is 2.01. The van der Waals surface area contributed by atoms with Crippen LogP contribution in [0.2, 0.25) is 0 Å². The lowest BCUT2D eigenvalue weighted by Gasteiger charge is -2.38. The number of ketones is 3. The van der Waals surface area contributed by atoms with Gasteiger partial charge in [-0.3, -0.25) is 20.1 Å². The van der Waals surface area contributed by atoms with Gasteiger partial charge in [0.2, 0.25) is 0 Å². The zero-order chi connectivity index (χ0) is 23.5. The van der Waals surface area contributed by atoms with Gasteiger partial charge in [-0.1, -0.05) is 41.6 Å². The van der Waals surface area contributed by atoms with E-state index in [1.54, 1.807) is 31.2 Å². The number of nitroso groups, excluding NO2 is 1. The van der Waals surface area contributed by atoms with Gasteiger partial charge in [0.15, 0.2) is 23.1 Å². The van der Waals surface area contributed by atoms with E-state index in [0.29, 0.717) is 11.1 Å². The van der Waals surface area contributed by atoms with Crippen LogP contribution in [0.4, 0.5) is 0 Å². The molecule has 0 aromatic rings. The molecule has 0 saturated carbocycles. The summed E-state index contributed by atoms with van der Waals surface area (Å²) in [5.41, 5.74) is 4.46. The van der Waals surface area contributed by atoms with E-state index in [9.17, 15) is 24.4 Å². The lowest BCUT2D eigenvalue weighted by atomic mass is 9.69. The number of rotatable bonds is 7. The van der Waals surface area contributed by atoms with E-state index >= 15 is 0 Å². The largest absolute Gasteiger partial charge is 0.507 e. The van der Waals surface area contributed by atoms with Crippen molar-refractivity contribution in [3.8, 4) is 0 Å². The summed E-state index contributed by atoms with van der Waals surface area (Å²) in [5.74, 6) is -1.80. The van der Waals surface area contributed by atoms with Gasteiger partial charge in [-0.15, -0.1) is 0 Å². The van der Waals surface area contributed by atoms with Gasteiger partial charge >= 0.3 is 0 Å². The predicted octanol–water partition coefficient (Wildman–Crippen LogP) is 3.20. The summed E-state index contributed by atoms with van der Waals surface area (Å²) in [5, 5.41) is 13.4. The fourth-order valence-electron chi connectivity index (χ4n) is 4.00. The molecular weight excluding hydrogens is 412 g/mol. The molecule has 0 fully saturated rings. The predicted molar refractivity (Wildman–Crippen MR) is 118 cm³/mol. The van der Waals surface area contributed by atoms with E-state index in [4.69, 9.17) is 10.5 Å². The van der Waals surface area contributed by atoms with Crippen molar-refractivity contribution in [1.82, 2.24) is 0 Å². The molecule has 2 atom stereocenters. The van der Waals surface area contributed by atoms with Crippen molar-refractivity contribution < 1.29 is 24.2 Å². The average Bonchev–Trinajstić information content (AvgIpc) is 2.98. The van der Waals surface area contributed by atoms with Gasteiger partial charge in [-0.25, -0.2) is 0 Å². The van der Waals surface area contributed by atoms with Crippen LogP contribution in [0, 0.1) is 10.3 Å². The summed E-state index contributed by atoms with van der Waals surface area (Å²) >= 11 is 0. The Bertz CT molecular complexity index is 1100. The SMILES string of the molecule is C/C=C/C=C/C=C/C(=O)/C=C(\O)C1=C2C=C3C[C@@](N)(CN=O)OC=C3C(=O)[C@@]2(C)CC1=O. The molecular formula is C24H24N2O6. The maximum absolute atomic E-state index is 13.2. The summed E-state index contributed by atoms with van der Waals surface area (Å²) in [4.78, 5) is 48.8. The van der Waals surface area contributed by atoms with Gasteiger partial charge in [0.1, 0.15) is 12.3 Å². The van der Waals surface area contributed by atoms with Crippen LogP contribution in [-0.4, -0.2) is 34.7 Å². The van der Waals surface area contributed by atoms with Crippen LogP contribution < -0.4 is 5.73 Å². The number of Topliss-reactive ketones (excluding diaryl/α,β-unsaturated/α-hetero) is 2. The standard InChI is InChI=1S/C24H24N2O6/c1-3-4-5-6-7-8-16(27)10-19(28)21-18-9-15-11-24(25,14-26-31)32-13-17(15)22(30)23(18,2)12-20(21)29/h3-10,13,28H,11-12,14,25H2,1-2H3/b4-3+,6-5+,8-7+,19-10-/t23-,24-/m0/s1. The maximum atomic E-state index is 13.2. The number of carbonyl (C=O) groups is 3. The van der Waals surface area contributed by atoms with Gasteiger partial charge in [0.25, 0.3) is 0 Å². The van der Waals surface area contributed by atoms with E-state index < -0.39 is 28.5 Å². The third-order valence-electron chi connectivity index (χ3n) is 5.62. The highest BCUT2D eigenvalue weighted by molar-refractivity contribution is 6.17. The fraction of sp³-hybridized carbons (Fsp3) is 0.292. The first kappa shape index (κ1) is 23.0. The summed E-state index contributed by atoms with van der Waals surface area (Å²) < 4.78 is 5.39. The number of fused-ring (bicyclic) bond motifs is 2. The Morgan fingerprint density at radius 3 is 2.66 bits per heavy atom. The third kappa shape index (κ3) is 4.22. The minimum absolute atomic E-state index is 0.0298. The van der Waals surface area contributed by atoms with Gasteiger partial charge in [0.05, 0.1) is 22.8 Å². The molecule has 0 saturated heterocycles. The lowest BCUT2D eigenvalue weighted by molar-refractivity contribution is -0.126. The summed E-state index contributed by atoms with van der Waals surface area (Å²) in [6.07, 6.45) is 13.4. The zero-order valence-electron chi connectivity index (χ0n) is 17.8. The number of nitrogens with zero attached hydrogens (tertiary/aromatic N) is 1. The first-order valence-electron chi connectivity index (χ1n) is 10.1. The molecule has 0 aromatic carbocycles. The van der Waals surface area contributed by atoms with E-state index in [-0.39, 0.29) is 36.3 Å². The van der Waals surface area contributed by atoms with Crippen molar-refractivity contribution in [3.05, 3.63) is 87.8 Å². The first-order chi connectivity index (χ1) is 15.1. The Morgan fingerprint density at radius 2 is 1.97 bits per heavy atom. The van der Waals surface area contributed by atoms with E-state index in [2.05, 4.69) is 5.18 Å². The molecule has 3 aliphatic rings. The van der Waals surface area contributed by atoms with Crippen molar-refractivity contribution in [2.24, 2.45) is 16.3 Å². The van der Waals surface area contributed by atoms with Crippen LogP contribution in [0.1, 0.15) is 26.7 Å². The molecule has 0 amide bonds. The number of aliphatic hydroxyl groups excluding tert-OH is 1. The molecule has 32 heavy (non-hydrogen) atoms. The van der Waals surface area contributed by atoms with E-state index in [0.717, 1.165) is 6.08 Å². The smallest absolute Gasteiger partial charge is 0.184 e. The summed E-state index contributed by atoms with van der Waals surface area (Å²) in [6, 6.07) is 0. The monoisotopic (exact) mass is 436 g/mol. The van der Waals surface area contributed by atoms with E-state index in [1.807, 2.05) is 13.0 Å². The van der Waals surface area contributed by atoms with Gasteiger partial charge < -0.3 is 9.84 Å². The highest BCUT2D eigenvalue weighted by Gasteiger charge is 2.52. The Kier molecular flexibility index (Phi) is 6.36. The summed E-state index contributed by atoms with van der Waals surface area (Å²) in [6.45, 7) is 3.15. The van der Waals surface area contributed by atoms with Crippen LogP contribution in [-0.2, 0) is 19.1 Å². The second-order valence-electron chi connectivity index (χ2n) is 8.10. The zero-order valence-corrected chi connectivity index (χ0v) is 17.8. The van der Waals surface area contributed by atoms with Gasteiger partial charge in [-0.2, -0.15) is 4.91 Å². The first-order valence-corrected chi connectivity index (χ1v) is 10.1. The minimum Gasteiger partial charge on any atom is -0.507 e. The molecule has 0 spiro atoms. The third-order valence-corrected chi connectivity index (χ3v) is 5.62. The summed E-state index contributed by atoms with van der Waals surface area (Å²) in [7, 11) is 0. The molecule has 8 nitrogen and oxygen atoms in total. The Labute approximate surface area is 185 Å². The molecule has 0 bridgehead atoms. The Morgan fingerprint density at radius 1 is 1.25 bits per heavy atom. The molecule has 3 N–H and O–H groups in total. The number of carbonyl (C=O) groups excluding carboxylic acids is 3. The molecule has 3 rings (SSSR count). The van der Waals surface area contributed by atoms with Crippen molar-refractivity contribution in [3.63, 3.8) is 0 Å². The quantitative estimate of drug-likeness (QED) is 0.271. The topological polar surface area (TPSA) is 136 Å². The molecule has 166 valence electrons. The number of hydrogen-bond acceptors (Lipinski definition) is 8. The number of nitrogens with two attached hydrogens (primary N) is 1. The van der Waals surface area contributed by atoms with Crippen LogP contribution in [0.25, 0.3) is 0 Å². The molecule has 1 aliphatic heterocycles. The normalized spacial score (nSPS) is 28.2. The molecule has 8 heteroatoms. The molecule has 0 radical (unpaired) electrons. The van der Waals surface area contributed by atoms with Crippen molar-refractivity contribution in [2.45, 2.75) is 32.4 Å². The van der Waals surface area contributed by atoms with Crippen molar-refractivity contribution >= 4 is 17.3 Å². The van der Waals surface area contributed by atoms with Crippen molar-refractivity contribution in [2.75, 3.05) is 6.54 Å². The molecule has 0 aromatic heterocycles. The number of aliphatic hydroxyl groups is 1. The van der Waals surface area contributed by atoms with Crippen LogP contribution >= 0.6 is 0 Å². The number of hydrogen-bond donors (Lipinski definition) is 2. The average molecular weight is 436 g/mol. The molecule has 1 heterocycles. The van der Waals surface area contributed by atoms with Gasteiger partial charge in [0, 0.05) is 18.9 Å². The fourth-order valence-corrected chi connectivity index (χ4v) is 4.00. The Hall–Kier alpha value is -3.65. The number of allylic oxidation sites excluding steroid dienone is 11.